The zero-order valence-electron chi connectivity index (χ0n) is 16.9. The number of fused-ring (bicyclic) bond motifs is 3. The van der Waals surface area contributed by atoms with Gasteiger partial charge in [-0.3, -0.25) is 9.36 Å². The van der Waals surface area contributed by atoms with Crippen molar-refractivity contribution in [2.24, 2.45) is 7.05 Å². The molecule has 0 spiro atoms. The average Bonchev–Trinajstić information content (AvgIpc) is 2.89. The van der Waals surface area contributed by atoms with Gasteiger partial charge < -0.3 is 9.88 Å². The molecule has 4 aromatic rings. The van der Waals surface area contributed by atoms with E-state index in [-0.39, 0.29) is 5.56 Å². The summed E-state index contributed by atoms with van der Waals surface area (Å²) in [6.07, 6.45) is 3.98. The Kier molecular flexibility index (Phi) is 4.36. The minimum atomic E-state index is -0.0117. The molecule has 0 saturated heterocycles. The largest absolute Gasteiger partial charge is 0.347 e. The Morgan fingerprint density at radius 3 is 2.48 bits per heavy atom. The smallest absolute Gasteiger partial charge is 0.255 e. The second-order valence-electron chi connectivity index (χ2n) is 7.93. The van der Waals surface area contributed by atoms with Crippen LogP contribution in [0.15, 0.2) is 65.6 Å². The molecule has 3 heterocycles. The fraction of sp³-hybridized carbons (Fsp3) is 0.240. The van der Waals surface area contributed by atoms with E-state index in [1.807, 2.05) is 12.3 Å². The second-order valence-corrected chi connectivity index (χ2v) is 7.93. The molecule has 0 amide bonds. The molecule has 2 aromatic carbocycles. The van der Waals surface area contributed by atoms with E-state index in [0.29, 0.717) is 0 Å². The molecular formula is C25H25N3O. The van der Waals surface area contributed by atoms with Crippen molar-refractivity contribution in [1.82, 2.24) is 14.5 Å². The number of nitrogens with zero attached hydrogens (tertiary/aromatic N) is 2. The van der Waals surface area contributed by atoms with Crippen molar-refractivity contribution in [3.63, 3.8) is 0 Å². The molecule has 5 rings (SSSR count). The van der Waals surface area contributed by atoms with E-state index in [1.54, 1.807) is 10.6 Å². The number of hydrogen-bond acceptors (Lipinski definition) is 2. The van der Waals surface area contributed by atoms with E-state index in [2.05, 4.69) is 66.3 Å². The summed E-state index contributed by atoms with van der Waals surface area (Å²) in [5.41, 5.74) is 8.18. The van der Waals surface area contributed by atoms with E-state index >= 15 is 0 Å². The van der Waals surface area contributed by atoms with Gasteiger partial charge in [-0.1, -0.05) is 35.9 Å². The third-order valence-electron chi connectivity index (χ3n) is 6.09. The van der Waals surface area contributed by atoms with Gasteiger partial charge in [0.2, 0.25) is 0 Å². The average molecular weight is 383 g/mol. The van der Waals surface area contributed by atoms with Crippen LogP contribution in [0.5, 0.6) is 0 Å². The Bertz CT molecular complexity index is 1260. The highest BCUT2D eigenvalue weighted by Gasteiger charge is 2.17. The van der Waals surface area contributed by atoms with E-state index in [9.17, 15) is 4.79 Å². The molecule has 29 heavy (non-hydrogen) atoms. The lowest BCUT2D eigenvalue weighted by molar-refractivity contribution is 0.699. The summed E-state index contributed by atoms with van der Waals surface area (Å²) in [6, 6.07) is 18.4. The number of aryl methyl sites for hydroxylation is 2. The third kappa shape index (κ3) is 3.10. The number of benzene rings is 2. The summed E-state index contributed by atoms with van der Waals surface area (Å²) >= 11 is 0. The van der Waals surface area contributed by atoms with Gasteiger partial charge in [-0.05, 0) is 54.8 Å². The van der Waals surface area contributed by atoms with Gasteiger partial charge in [0.15, 0.2) is 0 Å². The number of nitrogens with one attached hydrogen (secondary N) is 1. The van der Waals surface area contributed by atoms with Gasteiger partial charge in [0.05, 0.1) is 11.2 Å². The highest BCUT2D eigenvalue weighted by Crippen LogP contribution is 2.29. The summed E-state index contributed by atoms with van der Waals surface area (Å²) in [4.78, 5) is 12.9. The summed E-state index contributed by atoms with van der Waals surface area (Å²) in [7, 11) is 2.14. The fourth-order valence-electron chi connectivity index (χ4n) is 4.47. The van der Waals surface area contributed by atoms with Gasteiger partial charge >= 0.3 is 0 Å². The molecule has 146 valence electrons. The van der Waals surface area contributed by atoms with Crippen LogP contribution >= 0.6 is 0 Å². The van der Waals surface area contributed by atoms with Crippen LogP contribution in [0.2, 0.25) is 0 Å². The summed E-state index contributed by atoms with van der Waals surface area (Å²) in [5.74, 6) is 0. The van der Waals surface area contributed by atoms with Crippen molar-refractivity contribution in [3.8, 4) is 16.8 Å². The molecule has 4 heteroatoms. The van der Waals surface area contributed by atoms with Crippen molar-refractivity contribution in [2.45, 2.75) is 19.8 Å². The van der Waals surface area contributed by atoms with Crippen LogP contribution in [0.4, 0.5) is 0 Å². The minimum Gasteiger partial charge on any atom is -0.347 e. The minimum absolute atomic E-state index is 0.0117. The highest BCUT2D eigenvalue weighted by atomic mass is 16.1. The molecule has 2 aromatic heterocycles. The molecule has 0 atom stereocenters. The second kappa shape index (κ2) is 7.05. The zero-order chi connectivity index (χ0) is 20.0. The molecular weight excluding hydrogens is 358 g/mol. The SMILES string of the molecule is Cc1ccc(-c2ccn(-c3ccc4c5c(n(C)c4c3)CCNCC5)c(=O)c2)cc1. The van der Waals surface area contributed by atoms with Crippen LogP contribution in [0.25, 0.3) is 27.7 Å². The molecule has 0 saturated carbocycles. The first-order valence-electron chi connectivity index (χ1n) is 10.2. The number of pyridine rings is 1. The van der Waals surface area contributed by atoms with Crippen molar-refractivity contribution in [3.05, 3.63) is 88.0 Å². The maximum atomic E-state index is 12.9. The van der Waals surface area contributed by atoms with Crippen LogP contribution in [-0.4, -0.2) is 22.2 Å². The monoisotopic (exact) mass is 383 g/mol. The van der Waals surface area contributed by atoms with E-state index in [0.717, 1.165) is 42.7 Å². The Balaban J connectivity index is 1.58. The molecule has 0 radical (unpaired) electrons. The molecule has 0 aliphatic carbocycles. The Hall–Kier alpha value is -3.11. The highest BCUT2D eigenvalue weighted by molar-refractivity contribution is 5.87. The maximum absolute atomic E-state index is 12.9. The maximum Gasteiger partial charge on any atom is 0.255 e. The van der Waals surface area contributed by atoms with Crippen LogP contribution in [0, 0.1) is 6.92 Å². The predicted molar refractivity (Wildman–Crippen MR) is 119 cm³/mol. The van der Waals surface area contributed by atoms with E-state index in [4.69, 9.17) is 0 Å². The molecule has 1 N–H and O–H groups in total. The molecule has 0 bridgehead atoms. The van der Waals surface area contributed by atoms with E-state index in [1.165, 1.54) is 27.7 Å². The Morgan fingerprint density at radius 2 is 1.69 bits per heavy atom. The van der Waals surface area contributed by atoms with Crippen LogP contribution in [0.1, 0.15) is 16.8 Å². The third-order valence-corrected chi connectivity index (χ3v) is 6.09. The first-order chi connectivity index (χ1) is 14.1. The van der Waals surface area contributed by atoms with Crippen LogP contribution < -0.4 is 10.9 Å². The zero-order valence-corrected chi connectivity index (χ0v) is 16.9. The lowest BCUT2D eigenvalue weighted by Gasteiger charge is -2.09. The van der Waals surface area contributed by atoms with Gasteiger partial charge in [0.1, 0.15) is 0 Å². The normalized spacial score (nSPS) is 14.0. The van der Waals surface area contributed by atoms with Crippen molar-refractivity contribution in [2.75, 3.05) is 13.1 Å². The summed E-state index contributed by atoms with van der Waals surface area (Å²) < 4.78 is 4.03. The van der Waals surface area contributed by atoms with Crippen LogP contribution in [0.3, 0.4) is 0 Å². The molecule has 0 unspecified atom stereocenters. The lowest BCUT2D eigenvalue weighted by Crippen LogP contribution is -2.17. The number of rotatable bonds is 2. The van der Waals surface area contributed by atoms with Crippen LogP contribution in [-0.2, 0) is 19.9 Å². The van der Waals surface area contributed by atoms with E-state index < -0.39 is 0 Å². The standard InChI is InChI=1S/C25H25N3O/c1-17-3-5-18(6-4-17)19-11-14-28(25(29)15-19)20-7-8-21-22-9-12-26-13-10-23(22)27(2)24(21)16-20/h3-8,11,14-16,26H,9-10,12-13H2,1-2H3. The number of hydrogen-bond donors (Lipinski definition) is 1. The molecule has 4 nitrogen and oxygen atoms in total. The molecule has 0 fully saturated rings. The van der Waals surface area contributed by atoms with Crippen molar-refractivity contribution in [1.29, 1.82) is 0 Å². The Morgan fingerprint density at radius 1 is 0.897 bits per heavy atom. The Labute approximate surface area is 170 Å². The number of aromatic nitrogens is 2. The van der Waals surface area contributed by atoms with Gasteiger partial charge in [0, 0.05) is 43.4 Å². The van der Waals surface area contributed by atoms with Gasteiger partial charge in [0.25, 0.3) is 5.56 Å². The summed E-state index contributed by atoms with van der Waals surface area (Å²) in [6.45, 7) is 4.11. The topological polar surface area (TPSA) is 39.0 Å². The summed E-state index contributed by atoms with van der Waals surface area (Å²) in [5, 5.41) is 4.78. The van der Waals surface area contributed by atoms with Crippen molar-refractivity contribution < 1.29 is 0 Å². The first kappa shape index (κ1) is 18.0. The lowest BCUT2D eigenvalue weighted by atomic mass is 10.1. The predicted octanol–water partition coefficient (Wildman–Crippen LogP) is 3.99. The molecule has 1 aliphatic rings. The fourth-order valence-corrected chi connectivity index (χ4v) is 4.47. The first-order valence-corrected chi connectivity index (χ1v) is 10.2. The quantitative estimate of drug-likeness (QED) is 0.568. The molecule has 1 aliphatic heterocycles. The van der Waals surface area contributed by atoms with Gasteiger partial charge in [-0.25, -0.2) is 0 Å². The van der Waals surface area contributed by atoms with Gasteiger partial charge in [-0.15, -0.1) is 0 Å². The van der Waals surface area contributed by atoms with Gasteiger partial charge in [-0.2, -0.15) is 0 Å². The van der Waals surface area contributed by atoms with Crippen molar-refractivity contribution >= 4 is 10.9 Å².